The van der Waals surface area contributed by atoms with Crippen LogP contribution >= 0.6 is 0 Å². The van der Waals surface area contributed by atoms with Crippen LogP contribution in [0, 0.1) is 4.91 Å². The van der Waals surface area contributed by atoms with Crippen LogP contribution in [0.5, 0.6) is 0 Å². The Labute approximate surface area is 67.9 Å². The molecule has 12 heavy (non-hydrogen) atoms. The standard InChI is InChI=1S/C2HF5N2O2S/c3-1(4)11-8(9(10)12)2(5,6)7/h1H. The van der Waals surface area contributed by atoms with Crippen molar-refractivity contribution in [3.63, 3.8) is 0 Å². The Morgan fingerprint density at radius 2 is 1.83 bits per heavy atom. The van der Waals surface area contributed by atoms with Crippen LogP contribution in [0.1, 0.15) is 0 Å². The molecule has 0 saturated carbocycles. The molecule has 0 spiro atoms. The Morgan fingerprint density at radius 1 is 1.42 bits per heavy atom. The Bertz CT molecular complexity index is 171. The van der Waals surface area contributed by atoms with E-state index in [1.54, 1.807) is 0 Å². The second-order valence-electron chi connectivity index (χ2n) is 1.34. The van der Waals surface area contributed by atoms with Gasteiger partial charge in [-0.2, -0.15) is 8.78 Å². The number of halogens is 5. The third-order valence-corrected chi connectivity index (χ3v) is 0.693. The van der Waals surface area contributed by atoms with Crippen molar-refractivity contribution in [2.45, 2.75) is 12.9 Å². The molecule has 4 nitrogen and oxygen atoms in total. The van der Waals surface area contributed by atoms with Gasteiger partial charge in [-0.15, -0.1) is 18.0 Å². The second kappa shape index (κ2) is 3.76. The molecule has 0 aromatic rings. The summed E-state index contributed by atoms with van der Waals surface area (Å²) < 4.78 is 55.6. The van der Waals surface area contributed by atoms with Crippen molar-refractivity contribution in [3.05, 3.63) is 4.91 Å². The number of hydroxylamine groups is 1. The molecule has 0 heterocycles. The molecule has 0 aromatic heterocycles. The predicted molar refractivity (Wildman–Crippen MR) is 26.0 cm³/mol. The van der Waals surface area contributed by atoms with Gasteiger partial charge in [-0.3, -0.25) is 0 Å². The fraction of sp³-hybridized carbons (Fsp3) is 1.00. The molecule has 0 aliphatic rings. The van der Waals surface area contributed by atoms with Crippen LogP contribution in [0.15, 0.2) is 0 Å². The van der Waals surface area contributed by atoms with Crippen LogP contribution in [0.25, 0.3) is 0 Å². The Balaban J connectivity index is 4.35. The van der Waals surface area contributed by atoms with Crippen LogP contribution in [-0.2, 0) is 17.7 Å². The number of hydrazine groups is 1. The van der Waals surface area contributed by atoms with E-state index >= 15 is 0 Å². The number of nitroso groups, excluding NO2 is 1. The summed E-state index contributed by atoms with van der Waals surface area (Å²) in [5.74, 6) is 0. The third-order valence-electron chi connectivity index (χ3n) is 0.545. The van der Waals surface area contributed by atoms with Crippen molar-refractivity contribution in [3.8, 4) is 0 Å². The Morgan fingerprint density at radius 3 is 1.92 bits per heavy atom. The largest absolute Gasteiger partial charge is 0.561 e. The monoisotopic (exact) mass is 212 g/mol. The molecular formula is C2HF5N2O2S. The number of hydrogen-bond acceptors (Lipinski definition) is 3. The quantitative estimate of drug-likeness (QED) is 0.231. The van der Waals surface area contributed by atoms with E-state index in [4.69, 9.17) is 0 Å². The minimum absolute atomic E-state index is 1.31. The average Bonchev–Trinajstić information content (AvgIpc) is 1.79. The maximum absolute atomic E-state index is 11.5. The topological polar surface area (TPSA) is 32.5 Å². The molecule has 0 bridgehead atoms. The molecule has 0 fully saturated rings. The highest BCUT2D eigenvalue weighted by Gasteiger charge is 2.48. The third kappa shape index (κ3) is 3.57. The number of alkyl halides is 5. The zero-order valence-electron chi connectivity index (χ0n) is 5.09. The molecule has 0 amide bonds. The van der Waals surface area contributed by atoms with Crippen molar-refractivity contribution in [1.82, 2.24) is 5.17 Å². The summed E-state index contributed by atoms with van der Waals surface area (Å²) in [6.45, 7) is -3.77. The number of nitrogens with zero attached hydrogens (tertiary/aromatic N) is 2. The van der Waals surface area contributed by atoms with Crippen LogP contribution < -0.4 is 0 Å². The molecule has 0 unspecified atom stereocenters. The highest BCUT2D eigenvalue weighted by Crippen LogP contribution is 2.22. The number of rotatable bonds is 3. The summed E-state index contributed by atoms with van der Waals surface area (Å²) in [5.41, 5.74) is 0. The van der Waals surface area contributed by atoms with Crippen molar-refractivity contribution in [1.29, 1.82) is 0 Å². The van der Waals surface area contributed by atoms with Crippen molar-refractivity contribution < 1.29 is 31.1 Å². The maximum Gasteiger partial charge on any atom is 0.561 e. The lowest BCUT2D eigenvalue weighted by atomic mass is 11.2. The minimum atomic E-state index is -5.39. The highest BCUT2D eigenvalue weighted by molar-refractivity contribution is 7.51. The van der Waals surface area contributed by atoms with Crippen LogP contribution in [-0.4, -0.2) is 22.4 Å². The SMILES string of the molecule is O=[N+]([S-])N(OC(F)F)C(F)(F)F. The fourth-order valence-electron chi connectivity index (χ4n) is 0.266. The van der Waals surface area contributed by atoms with E-state index in [0.717, 1.165) is 0 Å². The first kappa shape index (κ1) is 11.2. The minimum Gasteiger partial charge on any atom is -0.329 e. The Hall–Kier alpha value is -0.770. The van der Waals surface area contributed by atoms with Gasteiger partial charge in [-0.05, 0) is 0 Å². The van der Waals surface area contributed by atoms with Gasteiger partial charge in [0.05, 0.1) is 9.45 Å². The molecule has 0 N–H and O–H groups in total. The van der Waals surface area contributed by atoms with Gasteiger partial charge < -0.3 is 12.8 Å². The predicted octanol–water partition coefficient (Wildman–Crippen LogP) is 1.12. The molecule has 0 saturated heterocycles. The molecule has 0 radical (unpaired) electrons. The van der Waals surface area contributed by atoms with Gasteiger partial charge in [-0.25, -0.2) is 0 Å². The van der Waals surface area contributed by atoms with Gasteiger partial charge in [0.1, 0.15) is 0 Å². The van der Waals surface area contributed by atoms with E-state index in [-0.39, 0.29) is 0 Å². The summed E-state index contributed by atoms with van der Waals surface area (Å²) in [6.07, 6.45) is -5.39. The van der Waals surface area contributed by atoms with E-state index < -0.39 is 22.4 Å². The zero-order valence-corrected chi connectivity index (χ0v) is 5.90. The molecular weight excluding hydrogens is 211 g/mol. The summed E-state index contributed by atoms with van der Waals surface area (Å²) in [7, 11) is 0. The van der Waals surface area contributed by atoms with E-state index in [1.165, 1.54) is 0 Å². The van der Waals surface area contributed by atoms with Crippen molar-refractivity contribution >= 4 is 12.8 Å². The van der Waals surface area contributed by atoms with Gasteiger partial charge in [0, 0.05) is 4.91 Å². The smallest absolute Gasteiger partial charge is 0.329 e. The van der Waals surface area contributed by atoms with E-state index in [1.807, 2.05) is 0 Å². The Kier molecular flexibility index (Phi) is 3.52. The van der Waals surface area contributed by atoms with Gasteiger partial charge in [0.25, 0.3) is 0 Å². The summed E-state index contributed by atoms with van der Waals surface area (Å²) in [6, 6.07) is 0. The normalized spacial score (nSPS) is 11.8. The van der Waals surface area contributed by atoms with Gasteiger partial charge in [0.2, 0.25) is 0 Å². The molecule has 0 aromatic carbocycles. The summed E-state index contributed by atoms with van der Waals surface area (Å²) >= 11 is 3.39. The lowest BCUT2D eigenvalue weighted by Crippen LogP contribution is -2.43. The second-order valence-corrected chi connectivity index (χ2v) is 1.66. The van der Waals surface area contributed by atoms with Gasteiger partial charge in [0.15, 0.2) is 0 Å². The van der Waals surface area contributed by atoms with Crippen molar-refractivity contribution in [2.75, 3.05) is 0 Å². The molecule has 0 rings (SSSR count). The van der Waals surface area contributed by atoms with Crippen LogP contribution in [0.2, 0.25) is 0 Å². The molecule has 72 valence electrons. The molecule has 0 aliphatic carbocycles. The first-order valence-electron chi connectivity index (χ1n) is 2.21. The first-order valence-corrected chi connectivity index (χ1v) is 2.58. The zero-order chi connectivity index (χ0) is 9.94. The fourth-order valence-corrected chi connectivity index (χ4v) is 0.397. The van der Waals surface area contributed by atoms with Gasteiger partial charge in [-0.1, -0.05) is 0 Å². The molecule has 0 aliphatic heterocycles. The molecule has 10 heteroatoms. The van der Waals surface area contributed by atoms with Gasteiger partial charge >= 0.3 is 12.9 Å². The van der Waals surface area contributed by atoms with Crippen LogP contribution in [0.4, 0.5) is 22.0 Å². The highest BCUT2D eigenvalue weighted by atomic mass is 32.1. The lowest BCUT2D eigenvalue weighted by molar-refractivity contribution is -0.738. The first-order chi connectivity index (χ1) is 5.25. The lowest BCUT2D eigenvalue weighted by Gasteiger charge is -2.15. The average molecular weight is 212 g/mol. The van der Waals surface area contributed by atoms with E-state index in [2.05, 4.69) is 17.7 Å². The molecule has 0 atom stereocenters. The van der Waals surface area contributed by atoms with E-state index in [9.17, 15) is 26.9 Å². The summed E-state index contributed by atoms with van der Waals surface area (Å²) in [5, 5.41) is -1.60. The summed E-state index contributed by atoms with van der Waals surface area (Å²) in [4.78, 5) is 12.6. The number of hydrogen-bond donors (Lipinski definition) is 0. The van der Waals surface area contributed by atoms with E-state index in [0.29, 0.717) is 0 Å². The maximum atomic E-state index is 11.5. The van der Waals surface area contributed by atoms with Crippen molar-refractivity contribution in [2.24, 2.45) is 0 Å². The van der Waals surface area contributed by atoms with Crippen LogP contribution in [0.3, 0.4) is 0 Å².